The first kappa shape index (κ1) is 14.4. The van der Waals surface area contributed by atoms with Gasteiger partial charge in [-0.15, -0.1) is 0 Å². The second kappa shape index (κ2) is 5.77. The van der Waals surface area contributed by atoms with Crippen molar-refractivity contribution < 1.29 is 22.7 Å². The highest BCUT2D eigenvalue weighted by molar-refractivity contribution is 6.20. The first-order valence-electron chi connectivity index (χ1n) is 4.74. The molecule has 0 heterocycles. The Morgan fingerprint density at radius 2 is 2.17 bits per heavy atom. The van der Waals surface area contributed by atoms with Gasteiger partial charge in [-0.25, -0.2) is 4.39 Å². The minimum atomic E-state index is -4.13. The standard InChI is InChI=1S/C11H9ClF3NO2/c12-10(13)11(14,15)18-8-3-1-2-7(6-8)4-5-9(16)17/h1-6,10H,(H2,16,17). The summed E-state index contributed by atoms with van der Waals surface area (Å²) in [5, 5.41) is 0. The Hall–Kier alpha value is -1.69. The minimum absolute atomic E-state index is 0.282. The van der Waals surface area contributed by atoms with Crippen LogP contribution in [0.3, 0.4) is 0 Å². The first-order valence-corrected chi connectivity index (χ1v) is 5.17. The Morgan fingerprint density at radius 1 is 1.50 bits per heavy atom. The molecule has 1 atom stereocenters. The molecule has 0 saturated heterocycles. The molecule has 1 aromatic rings. The monoisotopic (exact) mass is 279 g/mol. The second-order valence-corrected chi connectivity index (χ2v) is 3.66. The van der Waals surface area contributed by atoms with Gasteiger partial charge in [0.1, 0.15) is 5.75 Å². The predicted octanol–water partition coefficient (Wildman–Crippen LogP) is 2.69. The van der Waals surface area contributed by atoms with E-state index in [-0.39, 0.29) is 5.75 Å². The van der Waals surface area contributed by atoms with Crippen LogP contribution in [0.25, 0.3) is 6.08 Å². The number of amides is 1. The van der Waals surface area contributed by atoms with Crippen molar-refractivity contribution in [2.75, 3.05) is 0 Å². The third kappa shape index (κ3) is 4.29. The van der Waals surface area contributed by atoms with Gasteiger partial charge in [0, 0.05) is 6.08 Å². The molecule has 0 fully saturated rings. The number of rotatable bonds is 5. The highest BCUT2D eigenvalue weighted by atomic mass is 35.5. The molecule has 0 aliphatic carbocycles. The largest absolute Gasteiger partial charge is 0.444 e. The number of primary amides is 1. The maximum absolute atomic E-state index is 12.9. The van der Waals surface area contributed by atoms with Crippen LogP contribution in [0.1, 0.15) is 5.56 Å². The van der Waals surface area contributed by atoms with E-state index in [4.69, 9.17) is 5.73 Å². The van der Waals surface area contributed by atoms with E-state index < -0.39 is 17.6 Å². The van der Waals surface area contributed by atoms with E-state index in [2.05, 4.69) is 16.3 Å². The van der Waals surface area contributed by atoms with Crippen LogP contribution in [0.2, 0.25) is 0 Å². The second-order valence-electron chi connectivity index (χ2n) is 3.27. The lowest BCUT2D eigenvalue weighted by Crippen LogP contribution is -2.32. The topological polar surface area (TPSA) is 52.3 Å². The zero-order valence-electron chi connectivity index (χ0n) is 8.95. The van der Waals surface area contributed by atoms with E-state index in [1.807, 2.05) is 0 Å². The van der Waals surface area contributed by atoms with E-state index in [9.17, 15) is 18.0 Å². The normalized spacial score (nSPS) is 13.6. The molecule has 0 aliphatic rings. The fourth-order valence-corrected chi connectivity index (χ4v) is 1.11. The predicted molar refractivity (Wildman–Crippen MR) is 61.0 cm³/mol. The molecular weight excluding hydrogens is 271 g/mol. The van der Waals surface area contributed by atoms with Crippen LogP contribution in [0.15, 0.2) is 30.3 Å². The molecule has 1 amide bonds. The van der Waals surface area contributed by atoms with Crippen molar-refractivity contribution in [3.63, 3.8) is 0 Å². The van der Waals surface area contributed by atoms with Crippen LogP contribution >= 0.6 is 11.6 Å². The molecular formula is C11H9ClF3NO2. The molecule has 1 aromatic carbocycles. The summed E-state index contributed by atoms with van der Waals surface area (Å²) in [6.45, 7) is 0. The fourth-order valence-electron chi connectivity index (χ4n) is 1.06. The summed E-state index contributed by atoms with van der Waals surface area (Å²) in [4.78, 5) is 10.5. The Morgan fingerprint density at radius 3 is 2.72 bits per heavy atom. The fraction of sp³-hybridized carbons (Fsp3) is 0.182. The van der Waals surface area contributed by atoms with Crippen LogP contribution in [0.5, 0.6) is 5.75 Å². The van der Waals surface area contributed by atoms with Crippen LogP contribution in [0.4, 0.5) is 13.2 Å². The van der Waals surface area contributed by atoms with E-state index in [0.717, 1.165) is 6.08 Å². The maximum Gasteiger partial charge on any atom is 0.444 e. The van der Waals surface area contributed by atoms with E-state index in [1.165, 1.54) is 30.3 Å². The number of ether oxygens (including phenoxy) is 1. The summed E-state index contributed by atoms with van der Waals surface area (Å²) >= 11 is 4.64. The number of alkyl halides is 4. The number of carbonyl (C=O) groups is 1. The number of carbonyl (C=O) groups excluding carboxylic acids is 1. The van der Waals surface area contributed by atoms with Crippen molar-refractivity contribution in [3.05, 3.63) is 35.9 Å². The minimum Gasteiger partial charge on any atom is -0.429 e. The van der Waals surface area contributed by atoms with Gasteiger partial charge in [-0.2, -0.15) is 8.78 Å². The van der Waals surface area contributed by atoms with E-state index >= 15 is 0 Å². The van der Waals surface area contributed by atoms with Crippen LogP contribution in [-0.2, 0) is 4.79 Å². The van der Waals surface area contributed by atoms with Crippen molar-refractivity contribution in [1.29, 1.82) is 0 Å². The SMILES string of the molecule is NC(=O)C=Cc1cccc(OC(F)(F)C(F)Cl)c1. The number of hydrogen-bond acceptors (Lipinski definition) is 2. The molecule has 0 spiro atoms. The van der Waals surface area contributed by atoms with Crippen LogP contribution in [0, 0.1) is 0 Å². The highest BCUT2D eigenvalue weighted by Crippen LogP contribution is 2.29. The zero-order valence-corrected chi connectivity index (χ0v) is 9.70. The summed E-state index contributed by atoms with van der Waals surface area (Å²) in [5.41, 5.74) is 2.32. The van der Waals surface area contributed by atoms with Gasteiger partial charge in [-0.3, -0.25) is 4.79 Å². The lowest BCUT2D eigenvalue weighted by atomic mass is 10.2. The molecule has 2 N–H and O–H groups in total. The third-order valence-electron chi connectivity index (χ3n) is 1.81. The lowest BCUT2D eigenvalue weighted by Gasteiger charge is -2.17. The van der Waals surface area contributed by atoms with Crippen LogP contribution < -0.4 is 10.5 Å². The van der Waals surface area contributed by atoms with E-state index in [1.54, 1.807) is 0 Å². The lowest BCUT2D eigenvalue weighted by molar-refractivity contribution is -0.199. The first-order chi connectivity index (χ1) is 8.31. The van der Waals surface area contributed by atoms with Crippen molar-refractivity contribution >= 4 is 23.6 Å². The zero-order chi connectivity index (χ0) is 13.8. The molecule has 0 saturated carbocycles. The molecule has 3 nitrogen and oxygen atoms in total. The number of halogens is 4. The Balaban J connectivity index is 2.86. The van der Waals surface area contributed by atoms with Gasteiger partial charge in [0.25, 0.3) is 5.63 Å². The maximum atomic E-state index is 12.9. The van der Waals surface area contributed by atoms with Gasteiger partial charge in [0.05, 0.1) is 0 Å². The van der Waals surface area contributed by atoms with Gasteiger partial charge in [0.15, 0.2) is 0 Å². The third-order valence-corrected chi connectivity index (χ3v) is 2.06. The summed E-state index contributed by atoms with van der Waals surface area (Å²) in [6, 6.07) is 5.31. The van der Waals surface area contributed by atoms with Gasteiger partial charge in [0.2, 0.25) is 5.91 Å². The number of hydrogen-bond donors (Lipinski definition) is 1. The number of nitrogens with two attached hydrogens (primary N) is 1. The van der Waals surface area contributed by atoms with Crippen molar-refractivity contribution in [2.45, 2.75) is 11.7 Å². The molecule has 0 aliphatic heterocycles. The summed E-state index contributed by atoms with van der Waals surface area (Å²) in [6.07, 6.45) is -1.77. The van der Waals surface area contributed by atoms with Gasteiger partial charge in [-0.1, -0.05) is 23.7 Å². The Labute approximate surface area is 106 Å². The molecule has 1 rings (SSSR count). The quantitative estimate of drug-likeness (QED) is 0.665. The molecule has 7 heteroatoms. The molecule has 98 valence electrons. The number of benzene rings is 1. The molecule has 0 aromatic heterocycles. The van der Waals surface area contributed by atoms with E-state index in [0.29, 0.717) is 5.56 Å². The Bertz CT molecular complexity index is 463. The summed E-state index contributed by atoms with van der Waals surface area (Å²) in [7, 11) is 0. The highest BCUT2D eigenvalue weighted by Gasteiger charge is 2.42. The van der Waals surface area contributed by atoms with Gasteiger partial charge >= 0.3 is 6.11 Å². The Kier molecular flexibility index (Phi) is 4.61. The molecule has 18 heavy (non-hydrogen) atoms. The smallest absolute Gasteiger partial charge is 0.429 e. The summed E-state index contributed by atoms with van der Waals surface area (Å²) < 4.78 is 42.2. The summed E-state index contributed by atoms with van der Waals surface area (Å²) in [5.74, 6) is -0.967. The van der Waals surface area contributed by atoms with Crippen LogP contribution in [-0.4, -0.2) is 17.6 Å². The van der Waals surface area contributed by atoms with Crippen molar-refractivity contribution in [2.24, 2.45) is 5.73 Å². The molecule has 0 bridgehead atoms. The average molecular weight is 280 g/mol. The van der Waals surface area contributed by atoms with Crippen molar-refractivity contribution in [3.8, 4) is 5.75 Å². The van der Waals surface area contributed by atoms with Gasteiger partial charge in [-0.05, 0) is 23.8 Å². The van der Waals surface area contributed by atoms with Gasteiger partial charge < -0.3 is 10.5 Å². The van der Waals surface area contributed by atoms with Crippen molar-refractivity contribution in [1.82, 2.24) is 0 Å². The molecule has 1 unspecified atom stereocenters. The average Bonchev–Trinajstić information content (AvgIpc) is 2.26. The molecule has 0 radical (unpaired) electrons.